The number of rotatable bonds is 5. The molecule has 0 spiro atoms. The fraction of sp³-hybridized carbons (Fsp3) is 0.594. The Kier molecular flexibility index (Phi) is 7.12. The van der Waals surface area contributed by atoms with Crippen LogP contribution in [0.3, 0.4) is 0 Å². The molecule has 2 fully saturated rings. The number of carbonyl (C=O) groups is 1. The van der Waals surface area contributed by atoms with Crippen molar-refractivity contribution in [1.29, 1.82) is 0 Å². The van der Waals surface area contributed by atoms with Crippen molar-refractivity contribution in [2.75, 3.05) is 74.7 Å². The molecule has 1 amide bonds. The van der Waals surface area contributed by atoms with Crippen molar-refractivity contribution in [3.63, 3.8) is 0 Å². The molecule has 5 aliphatic heterocycles. The molecule has 42 heavy (non-hydrogen) atoms. The van der Waals surface area contributed by atoms with E-state index in [1.165, 1.54) is 29.3 Å². The topological polar surface area (TPSA) is 77.5 Å². The Hall–Kier alpha value is -3.53. The minimum absolute atomic E-state index is 0.0191. The largest absolute Gasteiger partial charge is 0.484 e. The third-order valence-corrected chi connectivity index (χ3v) is 9.98. The molecule has 224 valence electrons. The molecule has 0 N–H and O–H groups in total. The summed E-state index contributed by atoms with van der Waals surface area (Å²) in [6.45, 7) is 12.0. The van der Waals surface area contributed by atoms with Gasteiger partial charge in [-0.2, -0.15) is 0 Å². The molecule has 0 unspecified atom stereocenters. The van der Waals surface area contributed by atoms with Gasteiger partial charge in [0.15, 0.2) is 0 Å². The maximum atomic E-state index is 12.6. The number of hydrogen-bond acceptors (Lipinski definition) is 9. The second-order valence-corrected chi connectivity index (χ2v) is 12.6. The summed E-state index contributed by atoms with van der Waals surface area (Å²) in [5.41, 5.74) is 6.03. The van der Waals surface area contributed by atoms with Crippen molar-refractivity contribution < 1.29 is 14.3 Å². The predicted octanol–water partition coefficient (Wildman–Crippen LogP) is 2.88. The first kappa shape index (κ1) is 27.3. The van der Waals surface area contributed by atoms with Crippen LogP contribution in [0.2, 0.25) is 0 Å². The number of piperazine rings is 1. The number of fused-ring (bicyclic) bond motifs is 6. The lowest BCUT2D eigenvalue weighted by Gasteiger charge is -2.49. The van der Waals surface area contributed by atoms with Gasteiger partial charge < -0.3 is 34.0 Å². The fourth-order valence-electron chi connectivity index (χ4n) is 7.61. The molecule has 2 saturated heterocycles. The molecule has 2 aromatic heterocycles. The molecular weight excluding hydrogens is 530 g/mol. The van der Waals surface area contributed by atoms with E-state index in [-0.39, 0.29) is 18.0 Å². The Morgan fingerprint density at radius 1 is 1.17 bits per heavy atom. The Labute approximate surface area is 248 Å². The second-order valence-electron chi connectivity index (χ2n) is 12.6. The van der Waals surface area contributed by atoms with Crippen LogP contribution in [0.15, 0.2) is 24.9 Å². The van der Waals surface area contributed by atoms with Crippen molar-refractivity contribution in [2.24, 2.45) is 0 Å². The lowest BCUT2D eigenvalue weighted by Crippen LogP contribution is -2.62. The zero-order chi connectivity index (χ0) is 29.0. The maximum absolute atomic E-state index is 12.6. The minimum Gasteiger partial charge on any atom is -0.484 e. The highest BCUT2D eigenvalue weighted by Crippen LogP contribution is 2.47. The van der Waals surface area contributed by atoms with Gasteiger partial charge in [-0.25, -0.2) is 9.97 Å². The van der Waals surface area contributed by atoms with E-state index in [4.69, 9.17) is 19.4 Å². The second kappa shape index (κ2) is 10.9. The first-order valence-electron chi connectivity index (χ1n) is 15.6. The molecule has 0 radical (unpaired) electrons. The fourth-order valence-corrected chi connectivity index (χ4v) is 7.61. The molecule has 10 nitrogen and oxygen atoms in total. The van der Waals surface area contributed by atoms with Crippen LogP contribution in [-0.2, 0) is 24.2 Å². The van der Waals surface area contributed by atoms with E-state index in [1.807, 2.05) is 11.1 Å². The normalized spacial score (nSPS) is 25.3. The summed E-state index contributed by atoms with van der Waals surface area (Å²) in [4.78, 5) is 34.2. The first-order chi connectivity index (χ1) is 20.4. The molecule has 7 rings (SSSR count). The predicted molar refractivity (Wildman–Crippen MR) is 164 cm³/mol. The Morgan fingerprint density at radius 2 is 2.05 bits per heavy atom. The highest BCUT2D eigenvalue weighted by molar-refractivity contribution is 5.87. The SMILES string of the molecule is C=CC(=O)N1C[C@@H]2COc3c(OC[C@@H]4CCCN4C)nc4c(c3N2C[C@H]1C)CCN(c1nccc2c1CCCN2C)C4. The maximum Gasteiger partial charge on any atom is 0.259 e. The number of likely N-dealkylation sites (tertiary alicyclic amines) is 1. The number of ether oxygens (including phenoxy) is 2. The standard InChI is InChI=1S/C32H43N7O3/c1-5-28(40)38-17-23-20-41-30-29(39(23)16-21(38)2)24-11-15-37(31-25-9-7-14-36(4)27(25)10-12-33-31)18-26(24)34-32(30)42-19-22-8-6-13-35(22)3/h5,10,12,21-23H,1,6-9,11,13-20H2,2-4H3/t21-,22+,23-/m1/s1. The molecule has 0 bridgehead atoms. The number of anilines is 3. The smallest absolute Gasteiger partial charge is 0.259 e. The Morgan fingerprint density at radius 3 is 2.86 bits per heavy atom. The summed E-state index contributed by atoms with van der Waals surface area (Å²) in [5, 5.41) is 0. The van der Waals surface area contributed by atoms with Crippen LogP contribution < -0.4 is 24.2 Å². The first-order valence-corrected chi connectivity index (χ1v) is 15.6. The summed E-state index contributed by atoms with van der Waals surface area (Å²) in [7, 11) is 4.35. The van der Waals surface area contributed by atoms with Crippen LogP contribution in [0.25, 0.3) is 0 Å². The van der Waals surface area contributed by atoms with Crippen molar-refractivity contribution in [3.8, 4) is 11.6 Å². The summed E-state index contributed by atoms with van der Waals surface area (Å²) >= 11 is 0. The van der Waals surface area contributed by atoms with Gasteiger partial charge in [0, 0.05) is 68.3 Å². The number of nitrogens with zero attached hydrogens (tertiary/aromatic N) is 7. The number of hydrogen-bond donors (Lipinski definition) is 0. The van der Waals surface area contributed by atoms with Crippen molar-refractivity contribution in [3.05, 3.63) is 41.7 Å². The van der Waals surface area contributed by atoms with E-state index < -0.39 is 0 Å². The molecule has 10 heteroatoms. The van der Waals surface area contributed by atoms with Crippen LogP contribution >= 0.6 is 0 Å². The molecule has 2 aromatic rings. The third-order valence-electron chi connectivity index (χ3n) is 9.98. The number of likely N-dealkylation sites (N-methyl/N-ethyl adjacent to an activating group) is 1. The van der Waals surface area contributed by atoms with Gasteiger partial charge in [-0.15, -0.1) is 0 Å². The van der Waals surface area contributed by atoms with Crippen LogP contribution in [0.4, 0.5) is 17.2 Å². The minimum atomic E-state index is -0.0191. The van der Waals surface area contributed by atoms with E-state index >= 15 is 0 Å². The van der Waals surface area contributed by atoms with E-state index in [0.29, 0.717) is 38.2 Å². The molecule has 7 heterocycles. The van der Waals surface area contributed by atoms with E-state index in [1.54, 1.807) is 0 Å². The number of amides is 1. The number of aromatic nitrogens is 2. The summed E-state index contributed by atoms with van der Waals surface area (Å²) in [6.07, 6.45) is 8.75. The average Bonchev–Trinajstić information content (AvgIpc) is 3.42. The summed E-state index contributed by atoms with van der Waals surface area (Å²) in [5.74, 6) is 2.43. The van der Waals surface area contributed by atoms with E-state index in [0.717, 1.165) is 74.8 Å². The van der Waals surface area contributed by atoms with E-state index in [9.17, 15) is 4.79 Å². The van der Waals surface area contributed by atoms with Crippen molar-refractivity contribution in [1.82, 2.24) is 19.8 Å². The van der Waals surface area contributed by atoms with Gasteiger partial charge in [0.2, 0.25) is 11.7 Å². The summed E-state index contributed by atoms with van der Waals surface area (Å²) < 4.78 is 13.0. The van der Waals surface area contributed by atoms with E-state index in [2.05, 4.69) is 53.3 Å². The zero-order valence-corrected chi connectivity index (χ0v) is 25.2. The molecule has 5 aliphatic rings. The summed E-state index contributed by atoms with van der Waals surface area (Å²) in [6, 6.07) is 2.67. The Bertz CT molecular complexity index is 1380. The van der Waals surface area contributed by atoms with Gasteiger partial charge in [-0.3, -0.25) is 4.79 Å². The molecule has 3 atom stereocenters. The number of carbonyl (C=O) groups excluding carboxylic acids is 1. The van der Waals surface area contributed by atoms with Gasteiger partial charge in [0.1, 0.15) is 19.0 Å². The van der Waals surface area contributed by atoms with Gasteiger partial charge >= 0.3 is 0 Å². The van der Waals surface area contributed by atoms with Gasteiger partial charge in [0.05, 0.1) is 24.0 Å². The molecule has 0 saturated carbocycles. The highest BCUT2D eigenvalue weighted by atomic mass is 16.5. The Balaban J connectivity index is 1.25. The van der Waals surface area contributed by atoms with Gasteiger partial charge in [-0.05, 0) is 64.8 Å². The molecule has 0 aliphatic carbocycles. The van der Waals surface area contributed by atoms with Crippen molar-refractivity contribution in [2.45, 2.75) is 63.7 Å². The third kappa shape index (κ3) is 4.64. The van der Waals surface area contributed by atoms with Crippen LogP contribution in [0.1, 0.15) is 43.0 Å². The lowest BCUT2D eigenvalue weighted by atomic mass is 9.96. The highest BCUT2D eigenvalue weighted by Gasteiger charge is 2.42. The zero-order valence-electron chi connectivity index (χ0n) is 25.2. The average molecular weight is 574 g/mol. The lowest BCUT2D eigenvalue weighted by molar-refractivity contribution is -0.129. The number of pyridine rings is 2. The van der Waals surface area contributed by atoms with Gasteiger partial charge in [0.25, 0.3) is 5.88 Å². The monoisotopic (exact) mass is 573 g/mol. The van der Waals surface area contributed by atoms with Crippen LogP contribution in [0, 0.1) is 0 Å². The van der Waals surface area contributed by atoms with Gasteiger partial charge in [-0.1, -0.05) is 6.58 Å². The van der Waals surface area contributed by atoms with Crippen LogP contribution in [-0.4, -0.2) is 104 Å². The molecule has 0 aromatic carbocycles. The van der Waals surface area contributed by atoms with Crippen LogP contribution in [0.5, 0.6) is 11.6 Å². The van der Waals surface area contributed by atoms with Crippen molar-refractivity contribution >= 4 is 23.1 Å². The quantitative estimate of drug-likeness (QED) is 0.502. The molecular formula is C32H43N7O3.